The van der Waals surface area contributed by atoms with Gasteiger partial charge in [-0.05, 0) is 66.6 Å². The van der Waals surface area contributed by atoms with Crippen LogP contribution in [0.25, 0.3) is 0 Å². The van der Waals surface area contributed by atoms with Gasteiger partial charge in [-0.15, -0.1) is 0 Å². The molecule has 0 N–H and O–H groups in total. The van der Waals surface area contributed by atoms with Crippen LogP contribution in [-0.2, 0) is 21.4 Å². The first-order chi connectivity index (χ1) is 17.1. The first kappa shape index (κ1) is 26.8. The summed E-state index contributed by atoms with van der Waals surface area (Å²) in [7, 11) is -3.97. The monoisotopic (exact) mass is 565 g/mol. The third-order valence-electron chi connectivity index (χ3n) is 6.16. The standard InChI is InChI=1S/C26H26Cl3N3O3S/c1-19-5-6-23(29)16-25(19)30-11-13-31(14-12-30)26(33)18-32(17-20-3-2-4-22(28)15-20)36(34,35)24-9-7-21(27)8-10-24/h2-10,15-16H,11-14,17-18H2,1H3. The summed E-state index contributed by atoms with van der Waals surface area (Å²) in [5.74, 6) is -0.253. The molecular formula is C26H26Cl3N3O3S. The molecule has 0 bridgehead atoms. The number of halogens is 3. The smallest absolute Gasteiger partial charge is 0.243 e. The average molecular weight is 567 g/mol. The van der Waals surface area contributed by atoms with Crippen LogP contribution in [0.15, 0.2) is 71.6 Å². The van der Waals surface area contributed by atoms with Gasteiger partial charge in [-0.3, -0.25) is 4.79 Å². The zero-order valence-corrected chi connectivity index (χ0v) is 22.8. The molecule has 4 rings (SSSR count). The number of carbonyl (C=O) groups is 1. The Bertz CT molecular complexity index is 1340. The van der Waals surface area contributed by atoms with Gasteiger partial charge in [-0.2, -0.15) is 4.31 Å². The van der Waals surface area contributed by atoms with Gasteiger partial charge in [-0.25, -0.2) is 8.42 Å². The predicted octanol–water partition coefficient (Wildman–Crippen LogP) is 5.49. The van der Waals surface area contributed by atoms with Crippen LogP contribution in [0.4, 0.5) is 5.69 Å². The van der Waals surface area contributed by atoms with Gasteiger partial charge >= 0.3 is 0 Å². The molecule has 1 heterocycles. The van der Waals surface area contributed by atoms with E-state index in [2.05, 4.69) is 4.90 Å². The Morgan fingerprint density at radius 2 is 1.50 bits per heavy atom. The van der Waals surface area contributed by atoms with Crippen molar-refractivity contribution in [1.82, 2.24) is 9.21 Å². The summed E-state index contributed by atoms with van der Waals surface area (Å²) in [5, 5.41) is 1.59. The van der Waals surface area contributed by atoms with Crippen molar-refractivity contribution in [1.29, 1.82) is 0 Å². The van der Waals surface area contributed by atoms with E-state index in [0.29, 0.717) is 46.8 Å². The van der Waals surface area contributed by atoms with E-state index in [1.807, 2.05) is 25.1 Å². The summed E-state index contributed by atoms with van der Waals surface area (Å²) < 4.78 is 28.2. The summed E-state index contributed by atoms with van der Waals surface area (Å²) in [6.07, 6.45) is 0. The second-order valence-electron chi connectivity index (χ2n) is 8.66. The third kappa shape index (κ3) is 6.33. The third-order valence-corrected chi connectivity index (χ3v) is 8.68. The van der Waals surface area contributed by atoms with E-state index in [4.69, 9.17) is 34.8 Å². The number of anilines is 1. The Balaban J connectivity index is 1.51. The highest BCUT2D eigenvalue weighted by Gasteiger charge is 2.30. The summed E-state index contributed by atoms with van der Waals surface area (Å²) in [6, 6.07) is 18.6. The first-order valence-corrected chi connectivity index (χ1v) is 14.0. The quantitative estimate of drug-likeness (QED) is 0.379. The lowest BCUT2D eigenvalue weighted by atomic mass is 10.1. The summed E-state index contributed by atoms with van der Waals surface area (Å²) in [5.41, 5.74) is 2.84. The fraction of sp³-hybridized carbons (Fsp3) is 0.269. The van der Waals surface area contributed by atoms with Gasteiger partial charge in [0.2, 0.25) is 15.9 Å². The lowest BCUT2D eigenvalue weighted by Crippen LogP contribution is -2.51. The lowest BCUT2D eigenvalue weighted by molar-refractivity contribution is -0.131. The maximum atomic E-state index is 13.5. The summed E-state index contributed by atoms with van der Waals surface area (Å²) >= 11 is 18.3. The zero-order chi connectivity index (χ0) is 25.9. The molecule has 0 spiro atoms. The molecule has 1 saturated heterocycles. The van der Waals surface area contributed by atoms with Crippen molar-refractivity contribution in [2.45, 2.75) is 18.4 Å². The van der Waals surface area contributed by atoms with E-state index in [1.54, 1.807) is 29.2 Å². The molecule has 3 aromatic rings. The Kier molecular flexibility index (Phi) is 8.48. The van der Waals surface area contributed by atoms with Gasteiger partial charge in [-0.1, -0.05) is 53.0 Å². The lowest BCUT2D eigenvalue weighted by Gasteiger charge is -2.37. The van der Waals surface area contributed by atoms with Crippen LogP contribution in [0.1, 0.15) is 11.1 Å². The molecule has 0 atom stereocenters. The van der Waals surface area contributed by atoms with Gasteiger partial charge in [0.1, 0.15) is 0 Å². The van der Waals surface area contributed by atoms with E-state index in [9.17, 15) is 13.2 Å². The Morgan fingerprint density at radius 3 is 2.17 bits per heavy atom. The number of carbonyl (C=O) groups excluding carboxylic acids is 1. The summed E-state index contributed by atoms with van der Waals surface area (Å²) in [6.45, 7) is 3.98. The van der Waals surface area contributed by atoms with E-state index in [1.165, 1.54) is 28.6 Å². The number of piperazine rings is 1. The highest BCUT2D eigenvalue weighted by molar-refractivity contribution is 7.89. The molecule has 1 fully saturated rings. The fourth-order valence-corrected chi connectivity index (χ4v) is 6.07. The maximum Gasteiger partial charge on any atom is 0.243 e. The van der Waals surface area contributed by atoms with Crippen LogP contribution in [0.3, 0.4) is 0 Å². The molecular weight excluding hydrogens is 541 g/mol. The van der Waals surface area contributed by atoms with Crippen molar-refractivity contribution in [3.05, 3.63) is 92.9 Å². The molecule has 1 aliphatic rings. The SMILES string of the molecule is Cc1ccc(Cl)cc1N1CCN(C(=O)CN(Cc2cccc(Cl)c2)S(=O)(=O)c2ccc(Cl)cc2)CC1. The number of benzene rings is 3. The van der Waals surface area contributed by atoms with E-state index in [0.717, 1.165) is 11.3 Å². The van der Waals surface area contributed by atoms with Crippen LogP contribution in [0, 0.1) is 6.92 Å². The molecule has 0 unspecified atom stereocenters. The van der Waals surface area contributed by atoms with Crippen LogP contribution in [-0.4, -0.2) is 56.3 Å². The number of aryl methyl sites for hydroxylation is 1. The Morgan fingerprint density at radius 1 is 0.861 bits per heavy atom. The van der Waals surface area contributed by atoms with Crippen molar-refractivity contribution in [3.8, 4) is 0 Å². The van der Waals surface area contributed by atoms with Gasteiger partial charge in [0.05, 0.1) is 11.4 Å². The minimum atomic E-state index is -3.97. The number of nitrogens with zero attached hydrogens (tertiary/aromatic N) is 3. The van der Waals surface area contributed by atoms with Gasteiger partial charge < -0.3 is 9.80 Å². The topological polar surface area (TPSA) is 60.9 Å². The van der Waals surface area contributed by atoms with E-state index >= 15 is 0 Å². The van der Waals surface area contributed by atoms with Crippen molar-refractivity contribution >= 4 is 56.4 Å². The highest BCUT2D eigenvalue weighted by Crippen LogP contribution is 2.26. The average Bonchev–Trinajstić information content (AvgIpc) is 2.85. The Hall–Kier alpha value is -2.29. The van der Waals surface area contributed by atoms with E-state index < -0.39 is 10.0 Å². The second kappa shape index (κ2) is 11.4. The van der Waals surface area contributed by atoms with Crippen LogP contribution >= 0.6 is 34.8 Å². The number of hydrogen-bond donors (Lipinski definition) is 0. The molecule has 0 aromatic heterocycles. The van der Waals surface area contributed by atoms with Crippen molar-refractivity contribution in [3.63, 3.8) is 0 Å². The molecule has 6 nitrogen and oxygen atoms in total. The molecule has 190 valence electrons. The normalized spacial score (nSPS) is 14.4. The zero-order valence-electron chi connectivity index (χ0n) is 19.7. The maximum absolute atomic E-state index is 13.5. The van der Waals surface area contributed by atoms with Crippen molar-refractivity contribution in [2.24, 2.45) is 0 Å². The molecule has 10 heteroatoms. The fourth-order valence-electron chi connectivity index (χ4n) is 4.19. The van der Waals surface area contributed by atoms with Gasteiger partial charge in [0.15, 0.2) is 0 Å². The molecule has 0 radical (unpaired) electrons. The number of hydrogen-bond acceptors (Lipinski definition) is 4. The second-order valence-corrected chi connectivity index (χ2v) is 11.9. The van der Waals surface area contributed by atoms with Gasteiger partial charge in [0, 0.05) is 53.5 Å². The van der Waals surface area contributed by atoms with Crippen LogP contribution < -0.4 is 4.90 Å². The van der Waals surface area contributed by atoms with Crippen LogP contribution in [0.5, 0.6) is 0 Å². The minimum absolute atomic E-state index is 0.0128. The molecule has 3 aromatic carbocycles. The summed E-state index contributed by atoms with van der Waals surface area (Å²) in [4.78, 5) is 17.3. The largest absolute Gasteiger partial charge is 0.368 e. The van der Waals surface area contributed by atoms with Crippen molar-refractivity contribution in [2.75, 3.05) is 37.6 Å². The molecule has 0 saturated carbocycles. The predicted molar refractivity (Wildman–Crippen MR) is 145 cm³/mol. The molecule has 0 aliphatic carbocycles. The molecule has 1 aliphatic heterocycles. The number of sulfonamides is 1. The van der Waals surface area contributed by atoms with Crippen molar-refractivity contribution < 1.29 is 13.2 Å². The number of amides is 1. The highest BCUT2D eigenvalue weighted by atomic mass is 35.5. The Labute approximate surface area is 227 Å². The minimum Gasteiger partial charge on any atom is -0.368 e. The number of rotatable bonds is 7. The van der Waals surface area contributed by atoms with Crippen LogP contribution in [0.2, 0.25) is 15.1 Å². The molecule has 36 heavy (non-hydrogen) atoms. The molecule has 1 amide bonds. The van der Waals surface area contributed by atoms with E-state index in [-0.39, 0.29) is 23.9 Å². The van der Waals surface area contributed by atoms with Gasteiger partial charge in [0.25, 0.3) is 0 Å². The first-order valence-electron chi connectivity index (χ1n) is 11.4.